The second-order valence-corrected chi connectivity index (χ2v) is 4.26. The fourth-order valence-electron chi connectivity index (χ4n) is 1.31. The van der Waals surface area contributed by atoms with Crippen molar-refractivity contribution in [1.82, 2.24) is 10.8 Å². The third-order valence-electron chi connectivity index (χ3n) is 2.34. The molecule has 0 aromatic carbocycles. The average molecular weight is 318 g/mol. The lowest BCUT2D eigenvalue weighted by Crippen LogP contribution is -2.26. The topological polar surface area (TPSA) is 106 Å². The number of hydrogen-bond donors (Lipinski definition) is 3. The molecule has 8 heteroatoms. The molecule has 0 heterocycles. The normalized spacial score (nSPS) is 11.0. The van der Waals surface area contributed by atoms with Gasteiger partial charge in [0.1, 0.15) is 0 Å². The molecule has 8 nitrogen and oxygen atoms in total. The van der Waals surface area contributed by atoms with Crippen LogP contribution in [0, 0.1) is 0 Å². The highest BCUT2D eigenvalue weighted by atomic mass is 16.7. The molecule has 1 amide bonds. The van der Waals surface area contributed by atoms with Crippen molar-refractivity contribution >= 4 is 11.9 Å². The van der Waals surface area contributed by atoms with Gasteiger partial charge in [0.25, 0.3) is 0 Å². The number of carboxylic acid groups (broad SMARTS) is 1. The highest BCUT2D eigenvalue weighted by Gasteiger charge is 1.96. The van der Waals surface area contributed by atoms with Crippen molar-refractivity contribution in [3.63, 3.8) is 0 Å². The Morgan fingerprint density at radius 3 is 2.41 bits per heavy atom. The predicted octanol–water partition coefficient (Wildman–Crippen LogP) is 0.0979. The number of hydroxylamine groups is 1. The van der Waals surface area contributed by atoms with Crippen LogP contribution in [-0.4, -0.2) is 63.1 Å². The van der Waals surface area contributed by atoms with E-state index < -0.39 is 5.97 Å². The van der Waals surface area contributed by atoms with Gasteiger partial charge in [-0.2, -0.15) is 0 Å². The third-order valence-corrected chi connectivity index (χ3v) is 2.34. The number of allylic oxidation sites excluding steroid dienone is 1. The van der Waals surface area contributed by atoms with Crippen molar-refractivity contribution < 1.29 is 29.0 Å². The molecule has 0 unspecified atom stereocenters. The van der Waals surface area contributed by atoms with Gasteiger partial charge in [-0.05, 0) is 19.4 Å². The Hall–Kier alpha value is -1.48. The summed E-state index contributed by atoms with van der Waals surface area (Å²) in [5, 5.41) is 11.1. The highest BCUT2D eigenvalue weighted by Crippen LogP contribution is 1.84. The molecule has 0 radical (unpaired) electrons. The Morgan fingerprint density at radius 2 is 1.73 bits per heavy atom. The van der Waals surface area contributed by atoms with Crippen LogP contribution in [0.5, 0.6) is 0 Å². The molecule has 0 aromatic heterocycles. The number of aliphatic carboxylic acids is 1. The number of carboxylic acids is 1. The summed E-state index contributed by atoms with van der Waals surface area (Å²) in [7, 11) is 0. The summed E-state index contributed by atoms with van der Waals surface area (Å²) in [6.07, 6.45) is 3.93. The van der Waals surface area contributed by atoms with Gasteiger partial charge in [0.2, 0.25) is 5.91 Å². The van der Waals surface area contributed by atoms with E-state index in [0.29, 0.717) is 39.5 Å². The fourth-order valence-corrected chi connectivity index (χ4v) is 1.31. The Morgan fingerprint density at radius 1 is 1.05 bits per heavy atom. The Balaban J connectivity index is 3.08. The first kappa shape index (κ1) is 20.5. The molecule has 0 saturated heterocycles. The number of nitrogens with one attached hydrogen (secondary N) is 2. The van der Waals surface area contributed by atoms with E-state index in [1.54, 1.807) is 13.0 Å². The molecule has 0 aliphatic heterocycles. The van der Waals surface area contributed by atoms with Gasteiger partial charge in [-0.25, -0.2) is 5.48 Å². The number of carbonyl (C=O) groups is 2. The van der Waals surface area contributed by atoms with Crippen LogP contribution in [0.15, 0.2) is 12.2 Å². The highest BCUT2D eigenvalue weighted by molar-refractivity contribution is 5.87. The summed E-state index contributed by atoms with van der Waals surface area (Å²) < 4.78 is 10.3. The summed E-state index contributed by atoms with van der Waals surface area (Å²) >= 11 is 0. The van der Waals surface area contributed by atoms with Crippen LogP contribution >= 0.6 is 0 Å². The molecule has 0 spiro atoms. The number of carbonyl (C=O) groups excluding carboxylic acids is 1. The second kappa shape index (κ2) is 15.9. The lowest BCUT2D eigenvalue weighted by molar-refractivity contribution is -0.138. The summed E-state index contributed by atoms with van der Waals surface area (Å²) in [6.45, 7) is 4.80. The largest absolute Gasteiger partial charge is 0.481 e. The first-order valence-corrected chi connectivity index (χ1v) is 7.29. The van der Waals surface area contributed by atoms with Gasteiger partial charge < -0.3 is 19.9 Å². The van der Waals surface area contributed by atoms with E-state index in [4.69, 9.17) is 19.4 Å². The monoisotopic (exact) mass is 318 g/mol. The maximum Gasteiger partial charge on any atom is 0.305 e. The minimum Gasteiger partial charge on any atom is -0.481 e. The van der Waals surface area contributed by atoms with Gasteiger partial charge in [0.05, 0.1) is 39.5 Å². The standard InChI is InChI=1S/C14H26N2O6/c1-2-4-13(17)15-6-3-7-16-22-12-11-21-10-9-20-8-5-14(18)19/h2,4,16H,3,5-12H2,1H3,(H,15,17)(H,18,19)/b4-2-. The first-order chi connectivity index (χ1) is 10.7. The first-order valence-electron chi connectivity index (χ1n) is 7.29. The lowest BCUT2D eigenvalue weighted by atomic mass is 10.4. The van der Waals surface area contributed by atoms with Crippen LogP contribution < -0.4 is 10.8 Å². The van der Waals surface area contributed by atoms with Crippen molar-refractivity contribution in [3.8, 4) is 0 Å². The number of ether oxygens (including phenoxy) is 2. The quantitative estimate of drug-likeness (QED) is 0.223. The summed E-state index contributed by atoms with van der Waals surface area (Å²) in [5.74, 6) is -0.968. The van der Waals surface area contributed by atoms with Crippen molar-refractivity contribution in [1.29, 1.82) is 0 Å². The predicted molar refractivity (Wildman–Crippen MR) is 80.3 cm³/mol. The summed E-state index contributed by atoms with van der Waals surface area (Å²) in [4.78, 5) is 26.4. The van der Waals surface area contributed by atoms with E-state index in [1.165, 1.54) is 6.08 Å². The molecular formula is C14H26N2O6. The third kappa shape index (κ3) is 16.6. The van der Waals surface area contributed by atoms with E-state index in [2.05, 4.69) is 10.8 Å². The molecule has 0 saturated carbocycles. The van der Waals surface area contributed by atoms with E-state index in [9.17, 15) is 9.59 Å². The van der Waals surface area contributed by atoms with Crippen molar-refractivity contribution in [2.45, 2.75) is 19.8 Å². The van der Waals surface area contributed by atoms with Crippen molar-refractivity contribution in [2.24, 2.45) is 0 Å². The van der Waals surface area contributed by atoms with E-state index >= 15 is 0 Å². The molecule has 0 fully saturated rings. The smallest absolute Gasteiger partial charge is 0.305 e. The Bertz CT molecular complexity index is 322. The Labute approximate surface area is 130 Å². The van der Waals surface area contributed by atoms with Gasteiger partial charge in [0, 0.05) is 13.1 Å². The molecule has 22 heavy (non-hydrogen) atoms. The zero-order chi connectivity index (χ0) is 16.5. The lowest BCUT2D eigenvalue weighted by Gasteiger charge is -2.07. The van der Waals surface area contributed by atoms with Crippen LogP contribution in [0.2, 0.25) is 0 Å². The zero-order valence-electron chi connectivity index (χ0n) is 13.0. The molecule has 0 rings (SSSR count). The van der Waals surface area contributed by atoms with E-state index in [1.807, 2.05) is 0 Å². The zero-order valence-corrected chi connectivity index (χ0v) is 13.0. The van der Waals surface area contributed by atoms with Crippen molar-refractivity contribution in [2.75, 3.05) is 46.1 Å². The Kier molecular flexibility index (Phi) is 14.8. The van der Waals surface area contributed by atoms with Gasteiger partial charge in [-0.1, -0.05) is 6.08 Å². The fraction of sp³-hybridized carbons (Fsp3) is 0.714. The molecule has 0 bridgehead atoms. The number of amides is 1. The van der Waals surface area contributed by atoms with Gasteiger partial charge in [-0.3, -0.25) is 14.4 Å². The van der Waals surface area contributed by atoms with Crippen LogP contribution in [-0.2, 0) is 23.9 Å². The van der Waals surface area contributed by atoms with Crippen molar-refractivity contribution in [3.05, 3.63) is 12.2 Å². The van der Waals surface area contributed by atoms with Crippen LogP contribution in [0.4, 0.5) is 0 Å². The van der Waals surface area contributed by atoms with Gasteiger partial charge in [0.15, 0.2) is 0 Å². The van der Waals surface area contributed by atoms with E-state index in [0.717, 1.165) is 6.42 Å². The van der Waals surface area contributed by atoms with E-state index in [-0.39, 0.29) is 18.9 Å². The molecule has 0 aliphatic rings. The number of rotatable bonds is 15. The minimum absolute atomic E-state index is 0.00220. The molecule has 0 atom stereocenters. The molecule has 0 aliphatic carbocycles. The maximum absolute atomic E-state index is 11.1. The average Bonchev–Trinajstić information content (AvgIpc) is 2.47. The van der Waals surface area contributed by atoms with Crippen LogP contribution in [0.3, 0.4) is 0 Å². The second-order valence-electron chi connectivity index (χ2n) is 4.26. The number of hydrogen-bond acceptors (Lipinski definition) is 6. The maximum atomic E-state index is 11.1. The molecule has 0 aromatic rings. The molecule has 128 valence electrons. The van der Waals surface area contributed by atoms with Gasteiger partial charge in [-0.15, -0.1) is 0 Å². The minimum atomic E-state index is -0.873. The summed E-state index contributed by atoms with van der Waals surface area (Å²) in [5.41, 5.74) is 2.77. The summed E-state index contributed by atoms with van der Waals surface area (Å²) in [6, 6.07) is 0. The van der Waals surface area contributed by atoms with Crippen LogP contribution in [0.25, 0.3) is 0 Å². The van der Waals surface area contributed by atoms with Gasteiger partial charge >= 0.3 is 5.97 Å². The SMILES string of the molecule is C/C=C\C(=O)NCCCNOCCOCCOCCC(=O)O. The molecule has 3 N–H and O–H groups in total. The molecular weight excluding hydrogens is 292 g/mol. The van der Waals surface area contributed by atoms with Crippen LogP contribution in [0.1, 0.15) is 19.8 Å².